The number of carbonyl (C=O) groups excluding carboxylic acids is 2. The molecule has 1 fully saturated rings. The standard InChI is InChI=1S/C28H27NO5/c1-4-34-23-7-5-6-21(16-23)25-24(26(30)20-12-8-18(2)9-13-20)27(31)28(32)29(25)17-19-10-14-22(33-3)15-11-19/h5-16,25,30H,4,17H2,1-3H3/b26-24-. The smallest absolute Gasteiger partial charge is 0.295 e. The highest BCUT2D eigenvalue weighted by Crippen LogP contribution is 2.41. The molecular weight excluding hydrogens is 430 g/mol. The van der Waals surface area contributed by atoms with Crippen LogP contribution in [0.4, 0.5) is 0 Å². The number of amides is 1. The van der Waals surface area contributed by atoms with Crippen molar-refractivity contribution in [3.05, 3.63) is 101 Å². The summed E-state index contributed by atoms with van der Waals surface area (Å²) >= 11 is 0. The predicted molar refractivity (Wildman–Crippen MR) is 130 cm³/mol. The molecule has 1 aliphatic heterocycles. The first-order valence-corrected chi connectivity index (χ1v) is 11.1. The summed E-state index contributed by atoms with van der Waals surface area (Å²) in [7, 11) is 1.59. The van der Waals surface area contributed by atoms with Crippen molar-refractivity contribution < 1.29 is 24.2 Å². The van der Waals surface area contributed by atoms with E-state index in [1.807, 2.05) is 74.5 Å². The fourth-order valence-electron chi connectivity index (χ4n) is 4.13. The van der Waals surface area contributed by atoms with E-state index in [2.05, 4.69) is 0 Å². The Bertz CT molecular complexity index is 1230. The summed E-state index contributed by atoms with van der Waals surface area (Å²) in [5, 5.41) is 11.2. The zero-order valence-corrected chi connectivity index (χ0v) is 19.4. The lowest BCUT2D eigenvalue weighted by Crippen LogP contribution is -2.29. The van der Waals surface area contributed by atoms with Crippen molar-refractivity contribution in [2.24, 2.45) is 0 Å². The van der Waals surface area contributed by atoms with Crippen LogP contribution in [0.25, 0.3) is 5.76 Å². The summed E-state index contributed by atoms with van der Waals surface area (Å²) in [4.78, 5) is 27.9. The molecule has 3 aromatic rings. The Kier molecular flexibility index (Phi) is 6.68. The number of methoxy groups -OCH3 is 1. The molecule has 6 heteroatoms. The molecule has 0 aliphatic carbocycles. The van der Waals surface area contributed by atoms with Crippen molar-refractivity contribution in [3.63, 3.8) is 0 Å². The fraction of sp³-hybridized carbons (Fsp3) is 0.214. The number of hydrogen-bond acceptors (Lipinski definition) is 5. The van der Waals surface area contributed by atoms with Gasteiger partial charge in [0, 0.05) is 12.1 Å². The molecule has 0 aromatic heterocycles. The van der Waals surface area contributed by atoms with Crippen LogP contribution in [0.5, 0.6) is 11.5 Å². The lowest BCUT2D eigenvalue weighted by atomic mass is 9.94. The van der Waals surface area contributed by atoms with E-state index in [0.717, 1.165) is 11.1 Å². The Morgan fingerprint density at radius 3 is 2.32 bits per heavy atom. The van der Waals surface area contributed by atoms with Crippen LogP contribution in [-0.2, 0) is 16.1 Å². The van der Waals surface area contributed by atoms with Crippen LogP contribution in [0, 0.1) is 6.92 Å². The van der Waals surface area contributed by atoms with E-state index in [1.165, 1.54) is 4.90 Å². The van der Waals surface area contributed by atoms with Gasteiger partial charge >= 0.3 is 0 Å². The lowest BCUT2D eigenvalue weighted by molar-refractivity contribution is -0.140. The Balaban J connectivity index is 1.83. The van der Waals surface area contributed by atoms with E-state index in [1.54, 1.807) is 19.2 Å². The van der Waals surface area contributed by atoms with Gasteiger partial charge in [0.2, 0.25) is 0 Å². The number of hydrogen-bond donors (Lipinski definition) is 1. The number of aryl methyl sites for hydroxylation is 1. The second kappa shape index (κ2) is 9.83. The minimum absolute atomic E-state index is 0.0658. The van der Waals surface area contributed by atoms with Crippen molar-refractivity contribution in [1.29, 1.82) is 0 Å². The summed E-state index contributed by atoms with van der Waals surface area (Å²) in [5.74, 6) is -0.228. The van der Waals surface area contributed by atoms with Crippen LogP contribution in [0.2, 0.25) is 0 Å². The summed E-state index contributed by atoms with van der Waals surface area (Å²) in [6, 6.07) is 21.0. The molecule has 1 saturated heterocycles. The number of ketones is 1. The molecule has 34 heavy (non-hydrogen) atoms. The van der Waals surface area contributed by atoms with E-state index in [-0.39, 0.29) is 17.9 Å². The van der Waals surface area contributed by atoms with Crippen LogP contribution in [-0.4, -0.2) is 35.4 Å². The first kappa shape index (κ1) is 23.1. The first-order valence-electron chi connectivity index (χ1n) is 11.1. The third-order valence-electron chi connectivity index (χ3n) is 5.86. The lowest BCUT2D eigenvalue weighted by Gasteiger charge is -2.26. The number of ether oxygens (including phenoxy) is 2. The number of benzene rings is 3. The third-order valence-corrected chi connectivity index (χ3v) is 5.86. The van der Waals surface area contributed by atoms with Gasteiger partial charge in [-0.05, 0) is 49.2 Å². The number of Topliss-reactive ketones (excluding diaryl/α,β-unsaturated/α-hetero) is 1. The second-order valence-corrected chi connectivity index (χ2v) is 8.15. The van der Waals surface area contributed by atoms with Gasteiger partial charge in [0.05, 0.1) is 25.3 Å². The number of likely N-dealkylation sites (tertiary alicyclic amines) is 1. The Morgan fingerprint density at radius 2 is 1.68 bits per heavy atom. The molecule has 0 bridgehead atoms. The van der Waals surface area contributed by atoms with Crippen LogP contribution in [0.15, 0.2) is 78.4 Å². The zero-order valence-electron chi connectivity index (χ0n) is 19.4. The fourth-order valence-corrected chi connectivity index (χ4v) is 4.13. The van der Waals surface area contributed by atoms with Gasteiger partial charge in [-0.15, -0.1) is 0 Å². The highest BCUT2D eigenvalue weighted by molar-refractivity contribution is 6.46. The molecule has 0 saturated carbocycles. The van der Waals surface area contributed by atoms with Gasteiger partial charge in [-0.3, -0.25) is 9.59 Å². The van der Waals surface area contributed by atoms with Gasteiger partial charge in [-0.25, -0.2) is 0 Å². The van der Waals surface area contributed by atoms with Crippen LogP contribution in [0.3, 0.4) is 0 Å². The van der Waals surface area contributed by atoms with Crippen molar-refractivity contribution in [2.75, 3.05) is 13.7 Å². The molecule has 0 radical (unpaired) electrons. The number of aliphatic hydroxyl groups is 1. The molecule has 6 nitrogen and oxygen atoms in total. The topological polar surface area (TPSA) is 76.1 Å². The molecule has 4 rings (SSSR count). The summed E-state index contributed by atoms with van der Waals surface area (Å²) < 4.78 is 10.9. The second-order valence-electron chi connectivity index (χ2n) is 8.15. The average Bonchev–Trinajstić information content (AvgIpc) is 3.10. The molecule has 174 valence electrons. The molecular formula is C28H27NO5. The van der Waals surface area contributed by atoms with Crippen LogP contribution < -0.4 is 9.47 Å². The number of carbonyl (C=O) groups is 2. The maximum atomic E-state index is 13.2. The van der Waals surface area contributed by atoms with Crippen LogP contribution in [0.1, 0.15) is 35.2 Å². The third kappa shape index (κ3) is 4.53. The van der Waals surface area contributed by atoms with Crippen molar-refractivity contribution in [1.82, 2.24) is 4.90 Å². The molecule has 1 aliphatic rings. The van der Waals surface area contributed by atoms with E-state index < -0.39 is 17.7 Å². The molecule has 1 atom stereocenters. The zero-order chi connectivity index (χ0) is 24.2. The normalized spacial score (nSPS) is 17.1. The van der Waals surface area contributed by atoms with Crippen molar-refractivity contribution >= 4 is 17.4 Å². The highest BCUT2D eigenvalue weighted by Gasteiger charge is 2.46. The van der Waals surface area contributed by atoms with Crippen molar-refractivity contribution in [2.45, 2.75) is 26.4 Å². The average molecular weight is 458 g/mol. The van der Waals surface area contributed by atoms with Gasteiger partial charge in [0.25, 0.3) is 11.7 Å². The van der Waals surface area contributed by atoms with E-state index >= 15 is 0 Å². The minimum atomic E-state index is -0.760. The van der Waals surface area contributed by atoms with Crippen molar-refractivity contribution in [3.8, 4) is 11.5 Å². The van der Waals surface area contributed by atoms with Gasteiger partial charge in [0.1, 0.15) is 17.3 Å². The summed E-state index contributed by atoms with van der Waals surface area (Å²) in [5.41, 5.74) is 3.10. The number of rotatable bonds is 7. The van der Waals surface area contributed by atoms with Gasteiger partial charge in [-0.2, -0.15) is 0 Å². The molecule has 1 N–H and O–H groups in total. The number of aliphatic hydroxyl groups excluding tert-OH is 1. The monoisotopic (exact) mass is 457 g/mol. The van der Waals surface area contributed by atoms with E-state index in [9.17, 15) is 14.7 Å². The largest absolute Gasteiger partial charge is 0.507 e. The van der Waals surface area contributed by atoms with Gasteiger partial charge in [-0.1, -0.05) is 54.1 Å². The maximum absolute atomic E-state index is 13.2. The van der Waals surface area contributed by atoms with Gasteiger partial charge in [0.15, 0.2) is 0 Å². The molecule has 1 unspecified atom stereocenters. The molecule has 0 spiro atoms. The quantitative estimate of drug-likeness (QED) is 0.306. The Morgan fingerprint density at radius 1 is 0.971 bits per heavy atom. The molecule has 3 aromatic carbocycles. The SMILES string of the molecule is CCOc1cccc(C2/C(=C(/O)c3ccc(C)cc3)C(=O)C(=O)N2Cc2ccc(OC)cc2)c1. The van der Waals surface area contributed by atoms with Crippen LogP contribution >= 0.6 is 0 Å². The molecule has 1 amide bonds. The number of nitrogens with zero attached hydrogens (tertiary/aromatic N) is 1. The summed E-state index contributed by atoms with van der Waals surface area (Å²) in [6.45, 7) is 4.51. The molecule has 1 heterocycles. The van der Waals surface area contributed by atoms with E-state index in [0.29, 0.717) is 29.2 Å². The van der Waals surface area contributed by atoms with Gasteiger partial charge < -0.3 is 19.5 Å². The minimum Gasteiger partial charge on any atom is -0.507 e. The predicted octanol–water partition coefficient (Wildman–Crippen LogP) is 5.02. The van der Waals surface area contributed by atoms with E-state index in [4.69, 9.17) is 9.47 Å². The Hall–Kier alpha value is -4.06. The highest BCUT2D eigenvalue weighted by atomic mass is 16.5. The summed E-state index contributed by atoms with van der Waals surface area (Å²) in [6.07, 6.45) is 0. The Labute approximate surface area is 199 Å². The first-order chi connectivity index (χ1) is 16.4. The maximum Gasteiger partial charge on any atom is 0.295 e.